The molecule has 4 nitrogen and oxygen atoms in total. The van der Waals surface area contributed by atoms with E-state index in [1.54, 1.807) is 13.2 Å². The van der Waals surface area contributed by atoms with E-state index in [2.05, 4.69) is 14.9 Å². The number of halogens is 1. The first-order chi connectivity index (χ1) is 8.67. The van der Waals surface area contributed by atoms with Gasteiger partial charge in [0, 0.05) is 5.56 Å². The van der Waals surface area contributed by atoms with Gasteiger partial charge in [-0.15, -0.1) is 5.10 Å². The third kappa shape index (κ3) is 2.34. The Morgan fingerprint density at radius 2 is 2.22 bits per heavy atom. The number of hydrogen-bond acceptors (Lipinski definition) is 5. The van der Waals surface area contributed by atoms with Gasteiger partial charge in [-0.2, -0.15) is 0 Å². The van der Waals surface area contributed by atoms with Crippen molar-refractivity contribution < 1.29 is 9.13 Å². The van der Waals surface area contributed by atoms with Gasteiger partial charge in [0.15, 0.2) is 0 Å². The van der Waals surface area contributed by atoms with Crippen molar-refractivity contribution in [1.29, 1.82) is 0 Å². The highest BCUT2D eigenvalue weighted by molar-refractivity contribution is 7.05. The third-order valence-corrected chi connectivity index (χ3v) is 3.63. The van der Waals surface area contributed by atoms with Gasteiger partial charge in [-0.3, -0.25) is 0 Å². The first-order valence-electron chi connectivity index (χ1n) is 5.47. The fourth-order valence-corrected chi connectivity index (χ4v) is 2.64. The van der Waals surface area contributed by atoms with E-state index in [-0.39, 0.29) is 11.9 Å². The number of aryl methyl sites for hydroxylation is 1. The number of nitrogens with one attached hydrogen (secondary N) is 1. The van der Waals surface area contributed by atoms with Crippen LogP contribution in [0.4, 0.5) is 4.39 Å². The fourth-order valence-electron chi connectivity index (χ4n) is 1.86. The summed E-state index contributed by atoms with van der Waals surface area (Å²) < 4.78 is 22.6. The Labute approximate surface area is 109 Å². The largest absolute Gasteiger partial charge is 0.496 e. The Kier molecular flexibility index (Phi) is 3.88. The monoisotopic (exact) mass is 267 g/mol. The average molecular weight is 267 g/mol. The maximum Gasteiger partial charge on any atom is 0.124 e. The summed E-state index contributed by atoms with van der Waals surface area (Å²) in [7, 11) is 3.38. The van der Waals surface area contributed by atoms with Gasteiger partial charge in [0.05, 0.1) is 23.7 Å². The van der Waals surface area contributed by atoms with Gasteiger partial charge in [-0.1, -0.05) is 4.49 Å². The molecule has 0 bridgehead atoms. The van der Waals surface area contributed by atoms with Gasteiger partial charge in [-0.05, 0) is 43.7 Å². The molecule has 0 spiro atoms. The van der Waals surface area contributed by atoms with Crippen molar-refractivity contribution in [1.82, 2.24) is 14.9 Å². The molecule has 0 aliphatic heterocycles. The second-order valence-electron chi connectivity index (χ2n) is 3.83. The van der Waals surface area contributed by atoms with E-state index in [0.717, 1.165) is 16.1 Å². The van der Waals surface area contributed by atoms with E-state index in [1.807, 2.05) is 14.0 Å². The quantitative estimate of drug-likeness (QED) is 0.923. The van der Waals surface area contributed by atoms with Crippen molar-refractivity contribution in [2.75, 3.05) is 14.2 Å². The van der Waals surface area contributed by atoms with Crippen LogP contribution in [-0.4, -0.2) is 23.7 Å². The van der Waals surface area contributed by atoms with Crippen molar-refractivity contribution in [3.8, 4) is 5.75 Å². The van der Waals surface area contributed by atoms with Crippen LogP contribution in [0.5, 0.6) is 5.75 Å². The molecule has 1 aromatic carbocycles. The maximum atomic E-state index is 13.4. The van der Waals surface area contributed by atoms with Crippen LogP contribution < -0.4 is 10.1 Å². The molecule has 0 aliphatic carbocycles. The molecule has 6 heteroatoms. The average Bonchev–Trinajstić information content (AvgIpc) is 2.77. The summed E-state index contributed by atoms with van der Waals surface area (Å²) >= 11 is 1.30. The van der Waals surface area contributed by atoms with Gasteiger partial charge in [0.1, 0.15) is 11.6 Å². The highest BCUT2D eigenvalue weighted by Gasteiger charge is 2.21. The predicted octanol–water partition coefficient (Wildman–Crippen LogP) is 2.30. The molecular weight excluding hydrogens is 253 g/mol. The van der Waals surface area contributed by atoms with Crippen LogP contribution in [0.3, 0.4) is 0 Å². The smallest absolute Gasteiger partial charge is 0.124 e. The molecular formula is C12H14FN3OS. The Morgan fingerprint density at radius 3 is 2.78 bits per heavy atom. The minimum atomic E-state index is -0.291. The molecule has 0 amide bonds. The molecule has 2 aromatic rings. The summed E-state index contributed by atoms with van der Waals surface area (Å²) in [5.41, 5.74) is 1.58. The van der Waals surface area contributed by atoms with Crippen molar-refractivity contribution in [2.45, 2.75) is 13.0 Å². The second kappa shape index (κ2) is 5.41. The molecule has 1 N–H and O–H groups in total. The van der Waals surface area contributed by atoms with Crippen molar-refractivity contribution in [3.63, 3.8) is 0 Å². The zero-order chi connectivity index (χ0) is 13.1. The Balaban J connectivity index is 2.51. The highest BCUT2D eigenvalue weighted by Crippen LogP contribution is 2.32. The van der Waals surface area contributed by atoms with Crippen molar-refractivity contribution in [2.24, 2.45) is 0 Å². The van der Waals surface area contributed by atoms with Crippen molar-refractivity contribution in [3.05, 3.63) is 40.2 Å². The fraction of sp³-hybridized carbons (Fsp3) is 0.333. The minimum absolute atomic E-state index is 0.171. The summed E-state index contributed by atoms with van der Waals surface area (Å²) in [6, 6.07) is 4.31. The van der Waals surface area contributed by atoms with Crippen LogP contribution in [-0.2, 0) is 0 Å². The van der Waals surface area contributed by atoms with Crippen LogP contribution >= 0.6 is 11.5 Å². The second-order valence-corrected chi connectivity index (χ2v) is 4.62. The molecule has 0 fully saturated rings. The SMILES string of the molecule is CNC(c1cc(F)ccc1OC)c1snnc1C. The molecule has 0 radical (unpaired) electrons. The molecule has 96 valence electrons. The number of ether oxygens (including phenoxy) is 1. The Hall–Kier alpha value is -1.53. The lowest BCUT2D eigenvalue weighted by Gasteiger charge is -2.18. The van der Waals surface area contributed by atoms with Crippen molar-refractivity contribution >= 4 is 11.5 Å². The normalized spacial score (nSPS) is 12.4. The molecule has 0 saturated carbocycles. The maximum absolute atomic E-state index is 13.4. The molecule has 1 heterocycles. The van der Waals surface area contributed by atoms with Crippen LogP contribution in [0, 0.1) is 12.7 Å². The van der Waals surface area contributed by atoms with E-state index in [0.29, 0.717) is 5.75 Å². The lowest BCUT2D eigenvalue weighted by Crippen LogP contribution is -2.18. The summed E-state index contributed by atoms with van der Waals surface area (Å²) in [4.78, 5) is 0.960. The number of nitrogens with zero attached hydrogens (tertiary/aromatic N) is 2. The zero-order valence-electron chi connectivity index (χ0n) is 10.4. The number of benzene rings is 1. The molecule has 2 rings (SSSR count). The predicted molar refractivity (Wildman–Crippen MR) is 68.5 cm³/mol. The Bertz CT molecular complexity index is 544. The number of aromatic nitrogens is 2. The van der Waals surface area contributed by atoms with E-state index in [1.165, 1.54) is 23.7 Å². The summed E-state index contributed by atoms with van der Waals surface area (Å²) in [5.74, 6) is 0.352. The lowest BCUT2D eigenvalue weighted by atomic mass is 10.0. The molecule has 18 heavy (non-hydrogen) atoms. The Morgan fingerprint density at radius 1 is 1.44 bits per heavy atom. The standard InChI is InChI=1S/C12H14FN3OS/c1-7-12(18-16-15-7)11(14-2)9-6-8(13)4-5-10(9)17-3/h4-6,11,14H,1-3H3. The third-order valence-electron chi connectivity index (χ3n) is 2.74. The number of rotatable bonds is 4. The molecule has 0 saturated heterocycles. The summed E-state index contributed by atoms with van der Waals surface area (Å²) in [6.07, 6.45) is 0. The van der Waals surface area contributed by atoms with Gasteiger partial charge < -0.3 is 10.1 Å². The number of methoxy groups -OCH3 is 1. The van der Waals surface area contributed by atoms with Gasteiger partial charge >= 0.3 is 0 Å². The summed E-state index contributed by atoms with van der Waals surface area (Å²) in [5, 5.41) is 7.13. The van der Waals surface area contributed by atoms with Crippen LogP contribution in [0.25, 0.3) is 0 Å². The van der Waals surface area contributed by atoms with E-state index < -0.39 is 0 Å². The topological polar surface area (TPSA) is 47.0 Å². The lowest BCUT2D eigenvalue weighted by molar-refractivity contribution is 0.404. The molecule has 1 aromatic heterocycles. The van der Waals surface area contributed by atoms with Crippen LogP contribution in [0.15, 0.2) is 18.2 Å². The van der Waals surface area contributed by atoms with E-state index in [4.69, 9.17) is 4.74 Å². The summed E-state index contributed by atoms with van der Waals surface area (Å²) in [6.45, 7) is 1.88. The van der Waals surface area contributed by atoms with Gasteiger partial charge in [0.25, 0.3) is 0 Å². The van der Waals surface area contributed by atoms with Gasteiger partial charge in [-0.25, -0.2) is 4.39 Å². The first-order valence-corrected chi connectivity index (χ1v) is 6.24. The minimum Gasteiger partial charge on any atom is -0.496 e. The molecule has 1 unspecified atom stereocenters. The molecule has 1 atom stereocenters. The van der Waals surface area contributed by atoms with Crippen LogP contribution in [0.2, 0.25) is 0 Å². The highest BCUT2D eigenvalue weighted by atomic mass is 32.1. The first kappa shape index (κ1) is 12.9. The zero-order valence-corrected chi connectivity index (χ0v) is 11.2. The number of hydrogen-bond donors (Lipinski definition) is 1. The molecule has 0 aliphatic rings. The van der Waals surface area contributed by atoms with Gasteiger partial charge in [0.2, 0.25) is 0 Å². The van der Waals surface area contributed by atoms with E-state index in [9.17, 15) is 4.39 Å². The van der Waals surface area contributed by atoms with Crippen LogP contribution in [0.1, 0.15) is 22.2 Å². The van der Waals surface area contributed by atoms with E-state index >= 15 is 0 Å².